The van der Waals surface area contributed by atoms with Crippen molar-refractivity contribution in [1.82, 2.24) is 0 Å². The maximum atomic E-state index is 10.8. The first-order valence-electron chi connectivity index (χ1n) is 5.09. The standard InChI is InChI=1S/C9H15NO4/c1-2-6-3-8-9(14-5-13-8)4-7(6)10(11)12/h6-9H,2-5H2,1H3. The predicted octanol–water partition coefficient (Wildman–Crippen LogP) is 1.19. The molecule has 0 aromatic carbocycles. The van der Waals surface area contributed by atoms with Crippen molar-refractivity contribution in [2.45, 2.75) is 44.4 Å². The molecule has 2 fully saturated rings. The minimum Gasteiger partial charge on any atom is -0.349 e. The highest BCUT2D eigenvalue weighted by Gasteiger charge is 2.45. The first-order chi connectivity index (χ1) is 6.72. The van der Waals surface area contributed by atoms with Gasteiger partial charge in [-0.3, -0.25) is 10.1 Å². The Morgan fingerprint density at radius 1 is 1.36 bits per heavy atom. The molecule has 1 heterocycles. The van der Waals surface area contributed by atoms with Crippen LogP contribution in [0.5, 0.6) is 0 Å². The minimum absolute atomic E-state index is 0.0480. The van der Waals surface area contributed by atoms with Gasteiger partial charge in [0.15, 0.2) is 0 Å². The molecule has 80 valence electrons. The molecule has 0 bridgehead atoms. The van der Waals surface area contributed by atoms with Gasteiger partial charge in [0.25, 0.3) is 0 Å². The van der Waals surface area contributed by atoms with Crippen LogP contribution in [0.3, 0.4) is 0 Å². The molecule has 1 saturated heterocycles. The smallest absolute Gasteiger partial charge is 0.218 e. The maximum absolute atomic E-state index is 10.8. The first-order valence-corrected chi connectivity index (χ1v) is 5.09. The lowest BCUT2D eigenvalue weighted by Gasteiger charge is -2.31. The van der Waals surface area contributed by atoms with Crippen molar-refractivity contribution in [2.75, 3.05) is 6.79 Å². The average Bonchev–Trinajstić information content (AvgIpc) is 2.62. The Morgan fingerprint density at radius 2 is 2.00 bits per heavy atom. The normalized spacial score (nSPS) is 42.1. The van der Waals surface area contributed by atoms with Crippen LogP contribution in [-0.2, 0) is 9.47 Å². The molecular weight excluding hydrogens is 186 g/mol. The highest BCUT2D eigenvalue weighted by atomic mass is 16.7. The Balaban J connectivity index is 2.06. The third kappa shape index (κ3) is 1.62. The molecule has 1 aliphatic heterocycles. The topological polar surface area (TPSA) is 61.6 Å². The van der Waals surface area contributed by atoms with E-state index in [1.165, 1.54) is 0 Å². The molecule has 0 radical (unpaired) electrons. The summed E-state index contributed by atoms with van der Waals surface area (Å²) < 4.78 is 10.7. The van der Waals surface area contributed by atoms with Crippen LogP contribution in [0.25, 0.3) is 0 Å². The predicted molar refractivity (Wildman–Crippen MR) is 48.4 cm³/mol. The van der Waals surface area contributed by atoms with Gasteiger partial charge in [0, 0.05) is 17.3 Å². The lowest BCUT2D eigenvalue weighted by Crippen LogP contribution is -2.43. The van der Waals surface area contributed by atoms with Crippen molar-refractivity contribution >= 4 is 0 Å². The van der Waals surface area contributed by atoms with Gasteiger partial charge in [0.05, 0.1) is 12.2 Å². The van der Waals surface area contributed by atoms with Gasteiger partial charge in [-0.15, -0.1) is 0 Å². The fraction of sp³-hybridized carbons (Fsp3) is 1.00. The fourth-order valence-corrected chi connectivity index (χ4v) is 2.45. The van der Waals surface area contributed by atoms with Gasteiger partial charge < -0.3 is 9.47 Å². The number of fused-ring (bicyclic) bond motifs is 1. The van der Waals surface area contributed by atoms with Crippen LogP contribution < -0.4 is 0 Å². The largest absolute Gasteiger partial charge is 0.349 e. The zero-order valence-electron chi connectivity index (χ0n) is 8.22. The summed E-state index contributed by atoms with van der Waals surface area (Å²) in [6, 6.07) is -0.442. The number of hydrogen-bond donors (Lipinski definition) is 0. The lowest BCUT2D eigenvalue weighted by molar-refractivity contribution is -0.538. The summed E-state index contributed by atoms with van der Waals surface area (Å²) in [6.45, 7) is 2.30. The molecular formula is C9H15NO4. The molecule has 4 unspecified atom stereocenters. The van der Waals surface area contributed by atoms with Gasteiger partial charge in [-0.25, -0.2) is 0 Å². The number of nitrogens with zero attached hydrogens (tertiary/aromatic N) is 1. The Hall–Kier alpha value is -0.680. The van der Waals surface area contributed by atoms with Crippen LogP contribution in [0.15, 0.2) is 0 Å². The Labute approximate surface area is 82.5 Å². The van der Waals surface area contributed by atoms with Crippen LogP contribution in [-0.4, -0.2) is 30.0 Å². The highest BCUT2D eigenvalue weighted by molar-refractivity contribution is 4.88. The summed E-state index contributed by atoms with van der Waals surface area (Å²) in [6.07, 6.45) is 2.17. The summed E-state index contributed by atoms with van der Waals surface area (Å²) in [4.78, 5) is 10.7. The molecule has 1 aliphatic carbocycles. The number of nitro groups is 1. The molecule has 2 rings (SSSR count). The van der Waals surface area contributed by atoms with Gasteiger partial charge in [-0.2, -0.15) is 0 Å². The fourth-order valence-electron chi connectivity index (χ4n) is 2.45. The molecule has 5 nitrogen and oxygen atoms in total. The first kappa shape index (κ1) is 9.86. The van der Waals surface area contributed by atoms with Crippen molar-refractivity contribution in [3.63, 3.8) is 0 Å². The maximum Gasteiger partial charge on any atom is 0.218 e. The highest BCUT2D eigenvalue weighted by Crippen LogP contribution is 2.35. The van der Waals surface area contributed by atoms with Gasteiger partial charge in [0.2, 0.25) is 6.04 Å². The molecule has 2 aliphatic rings. The van der Waals surface area contributed by atoms with E-state index in [-0.39, 0.29) is 23.0 Å². The van der Waals surface area contributed by atoms with Crippen LogP contribution in [0.4, 0.5) is 0 Å². The summed E-state index contributed by atoms with van der Waals surface area (Å²) in [5, 5.41) is 10.8. The van der Waals surface area contributed by atoms with E-state index in [0.29, 0.717) is 13.2 Å². The number of ether oxygens (including phenoxy) is 2. The monoisotopic (exact) mass is 201 g/mol. The summed E-state index contributed by atoms with van der Waals surface area (Å²) in [5.41, 5.74) is 0. The number of rotatable bonds is 2. The van der Waals surface area contributed by atoms with Crippen molar-refractivity contribution in [3.8, 4) is 0 Å². The molecule has 14 heavy (non-hydrogen) atoms. The van der Waals surface area contributed by atoms with Crippen LogP contribution in [0, 0.1) is 16.0 Å². The SMILES string of the molecule is CCC1CC2OCOC2CC1[N+](=O)[O-]. The van der Waals surface area contributed by atoms with E-state index in [4.69, 9.17) is 9.47 Å². The van der Waals surface area contributed by atoms with Gasteiger partial charge in [-0.1, -0.05) is 6.92 Å². The third-order valence-corrected chi connectivity index (χ3v) is 3.33. The minimum atomic E-state index is -0.442. The van der Waals surface area contributed by atoms with E-state index in [9.17, 15) is 10.1 Å². The molecule has 0 amide bonds. The van der Waals surface area contributed by atoms with Gasteiger partial charge in [0.1, 0.15) is 6.79 Å². The van der Waals surface area contributed by atoms with Crippen molar-refractivity contribution < 1.29 is 14.4 Å². The Morgan fingerprint density at radius 3 is 2.57 bits per heavy atom. The Kier molecular flexibility index (Phi) is 2.69. The van der Waals surface area contributed by atoms with Gasteiger partial charge >= 0.3 is 0 Å². The second kappa shape index (κ2) is 3.82. The van der Waals surface area contributed by atoms with E-state index < -0.39 is 6.04 Å². The Bertz CT molecular complexity index is 233. The summed E-state index contributed by atoms with van der Waals surface area (Å²) in [7, 11) is 0. The third-order valence-electron chi connectivity index (χ3n) is 3.33. The van der Waals surface area contributed by atoms with Gasteiger partial charge in [-0.05, 0) is 12.8 Å². The molecule has 4 atom stereocenters. The van der Waals surface area contributed by atoms with E-state index in [2.05, 4.69) is 0 Å². The van der Waals surface area contributed by atoms with Crippen LogP contribution in [0.2, 0.25) is 0 Å². The van der Waals surface area contributed by atoms with Crippen molar-refractivity contribution in [2.24, 2.45) is 5.92 Å². The van der Waals surface area contributed by atoms with E-state index in [0.717, 1.165) is 12.8 Å². The van der Waals surface area contributed by atoms with E-state index >= 15 is 0 Å². The molecule has 5 heteroatoms. The summed E-state index contributed by atoms with van der Waals surface area (Å²) in [5.74, 6) is 0.146. The average molecular weight is 201 g/mol. The summed E-state index contributed by atoms with van der Waals surface area (Å²) >= 11 is 0. The molecule has 0 N–H and O–H groups in total. The van der Waals surface area contributed by atoms with Crippen molar-refractivity contribution in [1.29, 1.82) is 0 Å². The quantitative estimate of drug-likeness (QED) is 0.497. The molecule has 1 saturated carbocycles. The zero-order chi connectivity index (χ0) is 10.1. The molecule has 0 spiro atoms. The lowest BCUT2D eigenvalue weighted by atomic mass is 9.80. The molecule has 0 aromatic heterocycles. The van der Waals surface area contributed by atoms with E-state index in [1.54, 1.807) is 0 Å². The molecule has 0 aromatic rings. The van der Waals surface area contributed by atoms with E-state index in [1.807, 2.05) is 6.92 Å². The zero-order valence-corrected chi connectivity index (χ0v) is 8.22. The van der Waals surface area contributed by atoms with Crippen molar-refractivity contribution in [3.05, 3.63) is 10.1 Å². The van der Waals surface area contributed by atoms with Crippen LogP contribution >= 0.6 is 0 Å². The second-order valence-electron chi connectivity index (χ2n) is 4.02. The second-order valence-corrected chi connectivity index (χ2v) is 4.02. The number of hydrogen-bond acceptors (Lipinski definition) is 4. The van der Waals surface area contributed by atoms with Crippen LogP contribution in [0.1, 0.15) is 26.2 Å².